The van der Waals surface area contributed by atoms with Crippen LogP contribution < -0.4 is 0 Å². The van der Waals surface area contributed by atoms with Gasteiger partial charge in [-0.3, -0.25) is 4.79 Å². The molecule has 102 valence electrons. The van der Waals surface area contributed by atoms with Gasteiger partial charge in [0.05, 0.1) is 12.7 Å². The number of carbonyl (C=O) groups is 1. The fraction of sp³-hybridized carbons (Fsp3) is 0.800. The second kappa shape index (κ2) is 4.17. The standard InChI is InChI=1S/C15H24O3/c1-9-5-12(18)13-14(2,3)6-10(17)7-15(13,4)11(9)8-16/h5,10-11,13,16-17H,6-8H2,1-4H3/t10-,11-,13-,15+/m1/s1. The van der Waals surface area contributed by atoms with Crippen LogP contribution >= 0.6 is 0 Å². The van der Waals surface area contributed by atoms with E-state index in [4.69, 9.17) is 0 Å². The highest BCUT2D eigenvalue weighted by Gasteiger charge is 2.57. The number of rotatable bonds is 1. The van der Waals surface area contributed by atoms with Crippen LogP contribution in [0, 0.1) is 22.7 Å². The van der Waals surface area contributed by atoms with Crippen LogP contribution in [0.15, 0.2) is 11.6 Å². The maximum Gasteiger partial charge on any atom is 0.159 e. The van der Waals surface area contributed by atoms with Crippen LogP contribution in [0.2, 0.25) is 0 Å². The summed E-state index contributed by atoms with van der Waals surface area (Å²) in [7, 11) is 0. The van der Waals surface area contributed by atoms with Crippen molar-refractivity contribution >= 4 is 5.78 Å². The van der Waals surface area contributed by atoms with Crippen molar-refractivity contribution in [2.24, 2.45) is 22.7 Å². The lowest BCUT2D eigenvalue weighted by Gasteiger charge is -2.56. The Morgan fingerprint density at radius 1 is 1.33 bits per heavy atom. The van der Waals surface area contributed by atoms with Crippen LogP contribution in [-0.4, -0.2) is 28.7 Å². The van der Waals surface area contributed by atoms with Crippen molar-refractivity contribution in [2.45, 2.75) is 46.6 Å². The highest BCUT2D eigenvalue weighted by Crippen LogP contribution is 2.58. The molecule has 0 aliphatic heterocycles. The third-order valence-electron chi connectivity index (χ3n) is 5.06. The Kier molecular flexibility index (Phi) is 3.19. The number of carbonyl (C=O) groups excluding carboxylic acids is 1. The van der Waals surface area contributed by atoms with Crippen LogP contribution in [0.25, 0.3) is 0 Å². The summed E-state index contributed by atoms with van der Waals surface area (Å²) in [6.45, 7) is 8.12. The summed E-state index contributed by atoms with van der Waals surface area (Å²) < 4.78 is 0. The van der Waals surface area contributed by atoms with E-state index in [9.17, 15) is 15.0 Å². The molecule has 0 spiro atoms. The number of hydrogen-bond donors (Lipinski definition) is 2. The Bertz CT molecular complexity index is 397. The van der Waals surface area contributed by atoms with Crippen molar-refractivity contribution in [2.75, 3.05) is 6.61 Å². The van der Waals surface area contributed by atoms with Crippen LogP contribution in [0.4, 0.5) is 0 Å². The summed E-state index contributed by atoms with van der Waals surface area (Å²) in [6, 6.07) is 0. The zero-order valence-corrected chi connectivity index (χ0v) is 11.7. The van der Waals surface area contributed by atoms with E-state index in [0.29, 0.717) is 12.8 Å². The SMILES string of the molecule is CC1=CC(=O)[C@@H]2C(C)(C)C[C@@H](O)C[C@@]2(C)[C@@H]1CO. The van der Waals surface area contributed by atoms with Crippen LogP contribution in [0.5, 0.6) is 0 Å². The van der Waals surface area contributed by atoms with Crippen molar-refractivity contribution in [3.8, 4) is 0 Å². The van der Waals surface area contributed by atoms with Gasteiger partial charge in [0.1, 0.15) is 0 Å². The molecule has 1 fully saturated rings. The Morgan fingerprint density at radius 3 is 2.50 bits per heavy atom. The van der Waals surface area contributed by atoms with Gasteiger partial charge in [0.25, 0.3) is 0 Å². The fourth-order valence-electron chi connectivity index (χ4n) is 4.65. The monoisotopic (exact) mass is 252 g/mol. The van der Waals surface area contributed by atoms with E-state index in [1.165, 1.54) is 0 Å². The van der Waals surface area contributed by atoms with E-state index in [1.807, 2.05) is 6.92 Å². The summed E-state index contributed by atoms with van der Waals surface area (Å²) in [5.41, 5.74) is 0.408. The lowest BCUT2D eigenvalue weighted by atomic mass is 9.48. The topological polar surface area (TPSA) is 57.5 Å². The van der Waals surface area contributed by atoms with Crippen molar-refractivity contribution < 1.29 is 15.0 Å². The summed E-state index contributed by atoms with van der Waals surface area (Å²) in [6.07, 6.45) is 2.58. The molecule has 2 rings (SSSR count). The average Bonchev–Trinajstić information content (AvgIpc) is 2.12. The molecule has 0 aromatic carbocycles. The Hall–Kier alpha value is -0.670. The summed E-state index contributed by atoms with van der Waals surface area (Å²) >= 11 is 0. The molecule has 3 heteroatoms. The van der Waals surface area contributed by atoms with Gasteiger partial charge in [-0.25, -0.2) is 0 Å². The molecule has 18 heavy (non-hydrogen) atoms. The van der Waals surface area contributed by atoms with Crippen molar-refractivity contribution in [1.29, 1.82) is 0 Å². The first-order chi connectivity index (χ1) is 8.22. The molecule has 0 radical (unpaired) electrons. The van der Waals surface area contributed by atoms with Crippen LogP contribution in [-0.2, 0) is 4.79 Å². The second-order valence-electron chi connectivity index (χ2n) is 7.02. The summed E-state index contributed by atoms with van der Waals surface area (Å²) in [4.78, 5) is 12.4. The zero-order chi connectivity index (χ0) is 13.7. The van der Waals surface area contributed by atoms with Gasteiger partial charge >= 0.3 is 0 Å². The Morgan fingerprint density at radius 2 is 1.94 bits per heavy atom. The van der Waals surface area contributed by atoms with Gasteiger partial charge < -0.3 is 10.2 Å². The quantitative estimate of drug-likeness (QED) is 0.749. The lowest BCUT2D eigenvalue weighted by Crippen LogP contribution is -2.56. The second-order valence-corrected chi connectivity index (χ2v) is 7.02. The van der Waals surface area contributed by atoms with E-state index in [0.717, 1.165) is 5.57 Å². The van der Waals surface area contributed by atoms with Gasteiger partial charge in [0.2, 0.25) is 0 Å². The molecule has 0 aromatic rings. The van der Waals surface area contributed by atoms with E-state index < -0.39 is 0 Å². The molecule has 0 aromatic heterocycles. The first-order valence-corrected chi connectivity index (χ1v) is 6.73. The van der Waals surface area contributed by atoms with Gasteiger partial charge in [-0.1, -0.05) is 26.3 Å². The van der Waals surface area contributed by atoms with Gasteiger partial charge in [-0.2, -0.15) is 0 Å². The molecule has 0 bridgehead atoms. The number of allylic oxidation sites excluding steroid dienone is 1. The first kappa shape index (κ1) is 13.8. The van der Waals surface area contributed by atoms with Crippen molar-refractivity contribution in [3.63, 3.8) is 0 Å². The molecule has 0 heterocycles. The lowest BCUT2D eigenvalue weighted by molar-refractivity contribution is -0.146. The largest absolute Gasteiger partial charge is 0.396 e. The van der Waals surface area contributed by atoms with E-state index >= 15 is 0 Å². The van der Waals surface area contributed by atoms with E-state index in [2.05, 4.69) is 20.8 Å². The van der Waals surface area contributed by atoms with Gasteiger partial charge in [0.15, 0.2) is 5.78 Å². The van der Waals surface area contributed by atoms with Crippen LogP contribution in [0.1, 0.15) is 40.5 Å². The Balaban J connectivity index is 2.54. The molecule has 0 amide bonds. The molecule has 0 unspecified atom stereocenters. The molecular formula is C15H24O3. The maximum absolute atomic E-state index is 12.4. The number of ketones is 1. The minimum absolute atomic E-state index is 0.0191. The molecule has 3 nitrogen and oxygen atoms in total. The number of aliphatic hydroxyl groups excluding tert-OH is 2. The van der Waals surface area contributed by atoms with Gasteiger partial charge in [-0.15, -0.1) is 0 Å². The van der Waals surface area contributed by atoms with Gasteiger partial charge in [0, 0.05) is 11.8 Å². The van der Waals surface area contributed by atoms with Crippen molar-refractivity contribution in [3.05, 3.63) is 11.6 Å². The molecule has 4 atom stereocenters. The van der Waals surface area contributed by atoms with Gasteiger partial charge in [-0.05, 0) is 36.7 Å². The third kappa shape index (κ3) is 1.84. The predicted octanol–water partition coefficient (Wildman–Crippen LogP) is 1.93. The minimum Gasteiger partial charge on any atom is -0.396 e. The fourth-order valence-corrected chi connectivity index (χ4v) is 4.65. The maximum atomic E-state index is 12.4. The van der Waals surface area contributed by atoms with E-state index in [-0.39, 0.29) is 41.2 Å². The number of aliphatic hydroxyl groups is 2. The molecular weight excluding hydrogens is 228 g/mol. The smallest absolute Gasteiger partial charge is 0.159 e. The summed E-state index contributed by atoms with van der Waals surface area (Å²) in [5.74, 6) is 0.0419. The Labute approximate surface area is 109 Å². The minimum atomic E-state index is -0.381. The third-order valence-corrected chi connectivity index (χ3v) is 5.06. The van der Waals surface area contributed by atoms with E-state index in [1.54, 1.807) is 6.08 Å². The highest BCUT2D eigenvalue weighted by molar-refractivity contribution is 5.95. The number of fused-ring (bicyclic) bond motifs is 1. The number of hydrogen-bond acceptors (Lipinski definition) is 3. The normalized spacial score (nSPS) is 43.3. The zero-order valence-electron chi connectivity index (χ0n) is 11.7. The predicted molar refractivity (Wildman–Crippen MR) is 70.0 cm³/mol. The highest BCUT2D eigenvalue weighted by atomic mass is 16.3. The molecule has 2 aliphatic carbocycles. The molecule has 2 aliphatic rings. The molecule has 2 N–H and O–H groups in total. The molecule has 0 saturated heterocycles. The first-order valence-electron chi connectivity index (χ1n) is 6.73. The summed E-state index contributed by atoms with van der Waals surface area (Å²) in [5, 5.41) is 19.8. The average molecular weight is 252 g/mol. The molecule has 1 saturated carbocycles. The van der Waals surface area contributed by atoms with Crippen molar-refractivity contribution in [1.82, 2.24) is 0 Å². The van der Waals surface area contributed by atoms with Crippen LogP contribution in [0.3, 0.4) is 0 Å².